The van der Waals surface area contributed by atoms with Gasteiger partial charge in [0.05, 0.1) is 5.02 Å². The van der Waals surface area contributed by atoms with E-state index in [1.165, 1.54) is 6.07 Å². The molecule has 12 heavy (non-hydrogen) atoms. The van der Waals surface area contributed by atoms with Crippen molar-refractivity contribution >= 4 is 11.6 Å². The molecular formula is C9H11ClFN. The number of hydrogen-bond donors (Lipinski definition) is 1. The van der Waals surface area contributed by atoms with Crippen molar-refractivity contribution in [2.24, 2.45) is 5.73 Å². The SMILES string of the molecule is C[C@@H](N)Cc1cccc(Cl)c1F. The van der Waals surface area contributed by atoms with Crippen molar-refractivity contribution in [3.05, 3.63) is 34.6 Å². The fourth-order valence-electron chi connectivity index (χ4n) is 1.05. The summed E-state index contributed by atoms with van der Waals surface area (Å²) in [4.78, 5) is 0. The second-order valence-electron chi connectivity index (χ2n) is 2.89. The van der Waals surface area contributed by atoms with E-state index in [0.29, 0.717) is 12.0 Å². The van der Waals surface area contributed by atoms with Gasteiger partial charge < -0.3 is 5.73 Å². The minimum atomic E-state index is -0.350. The predicted molar refractivity (Wildman–Crippen MR) is 48.8 cm³/mol. The molecule has 1 nitrogen and oxygen atoms in total. The average Bonchev–Trinajstić information content (AvgIpc) is 1.98. The van der Waals surface area contributed by atoms with E-state index in [1.807, 2.05) is 6.92 Å². The lowest BCUT2D eigenvalue weighted by atomic mass is 10.1. The lowest BCUT2D eigenvalue weighted by Crippen LogP contribution is -2.18. The fraction of sp³-hybridized carbons (Fsp3) is 0.333. The first kappa shape index (κ1) is 9.49. The first-order valence-corrected chi connectivity index (χ1v) is 4.17. The lowest BCUT2D eigenvalue weighted by molar-refractivity contribution is 0.596. The molecule has 0 spiro atoms. The van der Waals surface area contributed by atoms with Gasteiger partial charge in [-0.15, -0.1) is 0 Å². The number of halogens is 2. The zero-order valence-electron chi connectivity index (χ0n) is 6.85. The van der Waals surface area contributed by atoms with E-state index in [2.05, 4.69) is 0 Å². The first-order valence-electron chi connectivity index (χ1n) is 3.79. The van der Waals surface area contributed by atoms with Gasteiger partial charge in [0.25, 0.3) is 0 Å². The van der Waals surface area contributed by atoms with Crippen molar-refractivity contribution in [2.75, 3.05) is 0 Å². The van der Waals surface area contributed by atoms with Crippen LogP contribution in [0.2, 0.25) is 5.02 Å². The third-order valence-corrected chi connectivity index (χ3v) is 1.87. The van der Waals surface area contributed by atoms with Gasteiger partial charge in [0.15, 0.2) is 0 Å². The van der Waals surface area contributed by atoms with E-state index in [1.54, 1.807) is 12.1 Å². The second-order valence-corrected chi connectivity index (χ2v) is 3.30. The van der Waals surface area contributed by atoms with E-state index < -0.39 is 0 Å². The molecule has 3 heteroatoms. The molecule has 1 rings (SSSR count). The summed E-state index contributed by atoms with van der Waals surface area (Å²) in [5.74, 6) is -0.350. The molecule has 0 saturated carbocycles. The lowest BCUT2D eigenvalue weighted by Gasteiger charge is -2.06. The van der Waals surface area contributed by atoms with Gasteiger partial charge in [-0.2, -0.15) is 0 Å². The molecule has 0 unspecified atom stereocenters. The van der Waals surface area contributed by atoms with Gasteiger partial charge >= 0.3 is 0 Å². The maximum absolute atomic E-state index is 13.2. The van der Waals surface area contributed by atoms with Gasteiger partial charge in [0.2, 0.25) is 0 Å². The highest BCUT2D eigenvalue weighted by molar-refractivity contribution is 6.30. The van der Waals surface area contributed by atoms with E-state index in [0.717, 1.165) is 0 Å². The molecule has 0 aliphatic heterocycles. The Hall–Kier alpha value is -0.600. The van der Waals surface area contributed by atoms with Crippen LogP contribution in [0.3, 0.4) is 0 Å². The maximum Gasteiger partial charge on any atom is 0.145 e. The van der Waals surface area contributed by atoms with Gasteiger partial charge in [0.1, 0.15) is 5.82 Å². The van der Waals surface area contributed by atoms with Crippen LogP contribution in [0.15, 0.2) is 18.2 Å². The minimum absolute atomic E-state index is 0.0435. The van der Waals surface area contributed by atoms with Crippen molar-refractivity contribution < 1.29 is 4.39 Å². The Morgan fingerprint density at radius 3 is 2.83 bits per heavy atom. The van der Waals surface area contributed by atoms with Gasteiger partial charge in [-0.25, -0.2) is 4.39 Å². The largest absolute Gasteiger partial charge is 0.328 e. The van der Waals surface area contributed by atoms with Gasteiger partial charge in [-0.3, -0.25) is 0 Å². The van der Waals surface area contributed by atoms with Crippen molar-refractivity contribution in [3.63, 3.8) is 0 Å². The molecule has 0 amide bonds. The van der Waals surface area contributed by atoms with Crippen molar-refractivity contribution in [3.8, 4) is 0 Å². The van der Waals surface area contributed by atoms with Gasteiger partial charge in [-0.05, 0) is 25.0 Å². The van der Waals surface area contributed by atoms with Crippen LogP contribution >= 0.6 is 11.6 Å². The fourth-order valence-corrected chi connectivity index (χ4v) is 1.25. The summed E-state index contributed by atoms with van der Waals surface area (Å²) in [6.45, 7) is 1.83. The normalized spacial score (nSPS) is 13.0. The molecule has 0 aromatic heterocycles. The molecule has 1 aromatic rings. The van der Waals surface area contributed by atoms with E-state index in [-0.39, 0.29) is 16.9 Å². The first-order chi connectivity index (χ1) is 5.61. The number of rotatable bonds is 2. The Labute approximate surface area is 76.3 Å². The molecular weight excluding hydrogens is 177 g/mol. The second kappa shape index (κ2) is 3.87. The highest BCUT2D eigenvalue weighted by Gasteiger charge is 2.06. The summed E-state index contributed by atoms with van der Waals surface area (Å²) in [6, 6.07) is 4.91. The number of benzene rings is 1. The third kappa shape index (κ3) is 2.19. The maximum atomic E-state index is 13.2. The van der Waals surface area contributed by atoms with Gasteiger partial charge in [0, 0.05) is 6.04 Å². The summed E-state index contributed by atoms with van der Waals surface area (Å²) < 4.78 is 13.2. The van der Waals surface area contributed by atoms with Crippen LogP contribution in [0.4, 0.5) is 4.39 Å². The molecule has 0 aliphatic carbocycles. The Morgan fingerprint density at radius 2 is 2.25 bits per heavy atom. The average molecular weight is 188 g/mol. The van der Waals surface area contributed by atoms with Crippen molar-refractivity contribution in [2.45, 2.75) is 19.4 Å². The molecule has 0 fully saturated rings. The highest BCUT2D eigenvalue weighted by atomic mass is 35.5. The van der Waals surface area contributed by atoms with Crippen LogP contribution in [0.25, 0.3) is 0 Å². The smallest absolute Gasteiger partial charge is 0.145 e. The topological polar surface area (TPSA) is 26.0 Å². The summed E-state index contributed by atoms with van der Waals surface area (Å²) in [5, 5.41) is 0.160. The Bertz CT molecular complexity index is 273. The van der Waals surface area contributed by atoms with Crippen LogP contribution in [0.1, 0.15) is 12.5 Å². The summed E-state index contributed by atoms with van der Waals surface area (Å²) in [5.41, 5.74) is 6.11. The van der Waals surface area contributed by atoms with Gasteiger partial charge in [-0.1, -0.05) is 23.7 Å². The molecule has 2 N–H and O–H groups in total. The highest BCUT2D eigenvalue weighted by Crippen LogP contribution is 2.18. The Kier molecular flexibility index (Phi) is 3.06. The van der Waals surface area contributed by atoms with Crippen LogP contribution in [-0.4, -0.2) is 6.04 Å². The van der Waals surface area contributed by atoms with E-state index >= 15 is 0 Å². The third-order valence-electron chi connectivity index (χ3n) is 1.57. The minimum Gasteiger partial charge on any atom is -0.328 e. The summed E-state index contributed by atoms with van der Waals surface area (Å²) in [7, 11) is 0. The Balaban J connectivity index is 2.92. The van der Waals surface area contributed by atoms with Crippen LogP contribution in [-0.2, 0) is 6.42 Å². The predicted octanol–water partition coefficient (Wildman–Crippen LogP) is 2.37. The Morgan fingerprint density at radius 1 is 1.58 bits per heavy atom. The van der Waals surface area contributed by atoms with Crippen LogP contribution in [0.5, 0.6) is 0 Å². The number of hydrogen-bond acceptors (Lipinski definition) is 1. The summed E-state index contributed by atoms with van der Waals surface area (Å²) >= 11 is 5.58. The zero-order chi connectivity index (χ0) is 9.14. The zero-order valence-corrected chi connectivity index (χ0v) is 7.61. The van der Waals surface area contributed by atoms with Crippen molar-refractivity contribution in [1.82, 2.24) is 0 Å². The number of nitrogens with two attached hydrogens (primary N) is 1. The molecule has 1 atom stereocenters. The quantitative estimate of drug-likeness (QED) is 0.756. The molecule has 0 bridgehead atoms. The van der Waals surface area contributed by atoms with Crippen LogP contribution < -0.4 is 5.73 Å². The molecule has 0 radical (unpaired) electrons. The molecule has 0 aliphatic rings. The van der Waals surface area contributed by atoms with Crippen molar-refractivity contribution in [1.29, 1.82) is 0 Å². The molecule has 1 aromatic carbocycles. The van der Waals surface area contributed by atoms with Crippen LogP contribution in [0, 0.1) is 5.82 Å². The molecule has 0 saturated heterocycles. The molecule has 0 heterocycles. The van der Waals surface area contributed by atoms with E-state index in [4.69, 9.17) is 17.3 Å². The molecule has 66 valence electrons. The monoisotopic (exact) mass is 187 g/mol. The summed E-state index contributed by atoms with van der Waals surface area (Å²) in [6.07, 6.45) is 0.520. The standard InChI is InChI=1S/C9H11ClFN/c1-6(12)5-7-3-2-4-8(10)9(7)11/h2-4,6H,5,12H2,1H3/t6-/m1/s1. The van der Waals surface area contributed by atoms with E-state index in [9.17, 15) is 4.39 Å².